The van der Waals surface area contributed by atoms with Gasteiger partial charge in [0, 0.05) is 30.6 Å². The first-order valence-corrected chi connectivity index (χ1v) is 5.16. The van der Waals surface area contributed by atoms with Crippen LogP contribution in [0.5, 0.6) is 0 Å². The van der Waals surface area contributed by atoms with E-state index in [-0.39, 0.29) is 0 Å². The lowest BCUT2D eigenvalue weighted by Crippen LogP contribution is -2.34. The molecular weight excluding hydrogens is 201 g/mol. The number of anilines is 1. The molecule has 2 rings (SSSR count). The SMILES string of the molecule is CN(C)c1c(B(O)O)ccc2ccccc12. The maximum absolute atomic E-state index is 9.34. The molecule has 0 aliphatic heterocycles. The Kier molecular flexibility index (Phi) is 2.85. The summed E-state index contributed by atoms with van der Waals surface area (Å²) in [5, 5.41) is 20.8. The molecule has 0 heterocycles. The first-order chi connectivity index (χ1) is 7.61. The van der Waals surface area contributed by atoms with Crippen molar-refractivity contribution in [2.75, 3.05) is 19.0 Å². The molecule has 0 radical (unpaired) electrons. The Labute approximate surface area is 95.1 Å². The summed E-state index contributed by atoms with van der Waals surface area (Å²) in [7, 11) is 2.35. The Morgan fingerprint density at radius 2 is 1.69 bits per heavy atom. The summed E-state index contributed by atoms with van der Waals surface area (Å²) in [5.74, 6) is 0. The van der Waals surface area contributed by atoms with E-state index in [1.54, 1.807) is 6.07 Å². The summed E-state index contributed by atoms with van der Waals surface area (Å²) >= 11 is 0. The van der Waals surface area contributed by atoms with Crippen molar-refractivity contribution in [2.45, 2.75) is 0 Å². The largest absolute Gasteiger partial charge is 0.490 e. The molecule has 82 valence electrons. The maximum atomic E-state index is 9.34. The van der Waals surface area contributed by atoms with Crippen LogP contribution in [0.15, 0.2) is 36.4 Å². The predicted molar refractivity (Wildman–Crippen MR) is 68.1 cm³/mol. The van der Waals surface area contributed by atoms with E-state index in [0.29, 0.717) is 5.46 Å². The van der Waals surface area contributed by atoms with Crippen molar-refractivity contribution in [3.63, 3.8) is 0 Å². The van der Waals surface area contributed by atoms with Crippen LogP contribution in [0.1, 0.15) is 0 Å². The lowest BCUT2D eigenvalue weighted by atomic mass is 9.77. The van der Waals surface area contributed by atoms with Crippen molar-refractivity contribution >= 4 is 29.0 Å². The molecule has 0 atom stereocenters. The van der Waals surface area contributed by atoms with E-state index in [2.05, 4.69) is 0 Å². The lowest BCUT2D eigenvalue weighted by molar-refractivity contribution is 0.426. The summed E-state index contributed by atoms with van der Waals surface area (Å²) in [6.07, 6.45) is 0. The number of rotatable bonds is 2. The number of hydrogen-bond acceptors (Lipinski definition) is 3. The fraction of sp³-hybridized carbons (Fsp3) is 0.167. The highest BCUT2D eigenvalue weighted by Crippen LogP contribution is 2.23. The molecule has 0 spiro atoms. The second-order valence-corrected chi connectivity index (χ2v) is 3.99. The molecule has 0 saturated heterocycles. The summed E-state index contributed by atoms with van der Waals surface area (Å²) < 4.78 is 0. The molecule has 0 fully saturated rings. The quantitative estimate of drug-likeness (QED) is 0.720. The van der Waals surface area contributed by atoms with Gasteiger partial charge in [-0.1, -0.05) is 36.4 Å². The van der Waals surface area contributed by atoms with Gasteiger partial charge in [-0.3, -0.25) is 0 Å². The molecule has 0 unspecified atom stereocenters. The Morgan fingerprint density at radius 3 is 2.31 bits per heavy atom. The third kappa shape index (κ3) is 1.77. The second kappa shape index (κ2) is 4.16. The van der Waals surface area contributed by atoms with Crippen LogP contribution in [0.25, 0.3) is 10.8 Å². The molecule has 2 N–H and O–H groups in total. The van der Waals surface area contributed by atoms with Crippen LogP contribution in [-0.4, -0.2) is 31.3 Å². The van der Waals surface area contributed by atoms with Crippen molar-refractivity contribution in [1.29, 1.82) is 0 Å². The average molecular weight is 215 g/mol. The van der Waals surface area contributed by atoms with E-state index in [9.17, 15) is 10.0 Å². The van der Waals surface area contributed by atoms with E-state index in [4.69, 9.17) is 0 Å². The standard InChI is InChI=1S/C12H14BNO2/c1-14(2)12-10-6-4-3-5-9(10)7-8-11(12)13(15)16/h3-8,15-16H,1-2H3. The van der Waals surface area contributed by atoms with Crippen LogP contribution in [0.3, 0.4) is 0 Å². The normalized spacial score (nSPS) is 10.5. The second-order valence-electron chi connectivity index (χ2n) is 3.99. The molecule has 16 heavy (non-hydrogen) atoms. The monoisotopic (exact) mass is 215 g/mol. The minimum Gasteiger partial charge on any atom is -0.423 e. The van der Waals surface area contributed by atoms with E-state index >= 15 is 0 Å². The van der Waals surface area contributed by atoms with Gasteiger partial charge in [-0.2, -0.15) is 0 Å². The molecule has 0 bridgehead atoms. The smallest absolute Gasteiger partial charge is 0.423 e. The molecule has 2 aromatic rings. The summed E-state index contributed by atoms with van der Waals surface area (Å²) in [6, 6.07) is 11.6. The molecule has 0 aliphatic carbocycles. The van der Waals surface area contributed by atoms with Crippen LogP contribution in [0.2, 0.25) is 0 Å². The Hall–Kier alpha value is -1.52. The Morgan fingerprint density at radius 1 is 1.00 bits per heavy atom. The van der Waals surface area contributed by atoms with E-state index in [1.807, 2.05) is 49.3 Å². The van der Waals surface area contributed by atoms with Crippen molar-refractivity contribution in [1.82, 2.24) is 0 Å². The molecule has 0 saturated carbocycles. The molecule has 0 aromatic heterocycles. The van der Waals surface area contributed by atoms with E-state index in [0.717, 1.165) is 16.5 Å². The van der Waals surface area contributed by atoms with Crippen molar-refractivity contribution in [2.24, 2.45) is 0 Å². The summed E-state index contributed by atoms with van der Waals surface area (Å²) in [6.45, 7) is 0. The highest BCUT2D eigenvalue weighted by atomic mass is 16.4. The fourth-order valence-corrected chi connectivity index (χ4v) is 1.98. The summed E-state index contributed by atoms with van der Waals surface area (Å²) in [4.78, 5) is 1.90. The number of benzene rings is 2. The first-order valence-electron chi connectivity index (χ1n) is 5.16. The topological polar surface area (TPSA) is 43.7 Å². The van der Waals surface area contributed by atoms with Crippen LogP contribution < -0.4 is 10.4 Å². The molecule has 0 aliphatic rings. The highest BCUT2D eigenvalue weighted by molar-refractivity contribution is 6.61. The third-order valence-corrected chi connectivity index (χ3v) is 2.66. The van der Waals surface area contributed by atoms with Gasteiger partial charge in [0.15, 0.2) is 0 Å². The fourth-order valence-electron chi connectivity index (χ4n) is 1.98. The van der Waals surface area contributed by atoms with Gasteiger partial charge in [0.2, 0.25) is 0 Å². The third-order valence-electron chi connectivity index (χ3n) is 2.66. The van der Waals surface area contributed by atoms with Gasteiger partial charge in [-0.15, -0.1) is 0 Å². The highest BCUT2D eigenvalue weighted by Gasteiger charge is 2.18. The number of fused-ring (bicyclic) bond motifs is 1. The Balaban J connectivity index is 2.79. The van der Waals surface area contributed by atoms with Crippen LogP contribution in [-0.2, 0) is 0 Å². The molecular formula is C12H14BNO2. The van der Waals surface area contributed by atoms with Gasteiger partial charge in [0.25, 0.3) is 0 Å². The maximum Gasteiger partial charge on any atom is 0.490 e. The zero-order valence-corrected chi connectivity index (χ0v) is 9.38. The zero-order valence-electron chi connectivity index (χ0n) is 9.38. The van der Waals surface area contributed by atoms with E-state index < -0.39 is 7.12 Å². The molecule has 4 heteroatoms. The van der Waals surface area contributed by atoms with Gasteiger partial charge in [0.1, 0.15) is 0 Å². The minimum absolute atomic E-state index is 0.531. The average Bonchev–Trinajstić information content (AvgIpc) is 2.27. The van der Waals surface area contributed by atoms with Gasteiger partial charge < -0.3 is 14.9 Å². The van der Waals surface area contributed by atoms with Crippen LogP contribution >= 0.6 is 0 Å². The minimum atomic E-state index is -1.44. The van der Waals surface area contributed by atoms with Crippen molar-refractivity contribution in [3.8, 4) is 0 Å². The molecule has 0 amide bonds. The zero-order chi connectivity index (χ0) is 11.7. The van der Waals surface area contributed by atoms with Crippen LogP contribution in [0.4, 0.5) is 5.69 Å². The first kappa shape index (κ1) is 11.0. The van der Waals surface area contributed by atoms with Gasteiger partial charge in [-0.05, 0) is 5.39 Å². The molecule has 3 nitrogen and oxygen atoms in total. The van der Waals surface area contributed by atoms with E-state index in [1.165, 1.54) is 0 Å². The number of nitrogens with zero attached hydrogens (tertiary/aromatic N) is 1. The van der Waals surface area contributed by atoms with Crippen LogP contribution in [0, 0.1) is 0 Å². The van der Waals surface area contributed by atoms with Crippen molar-refractivity contribution in [3.05, 3.63) is 36.4 Å². The lowest BCUT2D eigenvalue weighted by Gasteiger charge is -2.19. The van der Waals surface area contributed by atoms with Crippen molar-refractivity contribution < 1.29 is 10.0 Å². The summed E-state index contributed by atoms with van der Waals surface area (Å²) in [5.41, 5.74) is 1.39. The molecule has 2 aromatic carbocycles. The van der Waals surface area contributed by atoms with Gasteiger partial charge in [-0.25, -0.2) is 0 Å². The Bertz CT molecular complexity index is 511. The van der Waals surface area contributed by atoms with Gasteiger partial charge >= 0.3 is 7.12 Å². The predicted octanol–water partition coefficient (Wildman–Crippen LogP) is 0.586. The van der Waals surface area contributed by atoms with Gasteiger partial charge in [0.05, 0.1) is 0 Å². The number of hydrogen-bond donors (Lipinski definition) is 2.